The highest BCUT2D eigenvalue weighted by molar-refractivity contribution is 6.44. The first kappa shape index (κ1) is 16.9. The van der Waals surface area contributed by atoms with Gasteiger partial charge >= 0.3 is 0 Å². The molecule has 0 aromatic heterocycles. The normalized spacial score (nSPS) is 14.3. The fraction of sp³-hybridized carbons (Fsp3) is 0.250. The van der Waals surface area contributed by atoms with Crippen LogP contribution in [0.4, 0.5) is 11.4 Å². The Morgan fingerprint density at radius 3 is 2.56 bits per heavy atom. The van der Waals surface area contributed by atoms with Crippen LogP contribution < -0.4 is 10.3 Å². The molecule has 0 saturated heterocycles. The second kappa shape index (κ2) is 6.89. The summed E-state index contributed by atoms with van der Waals surface area (Å²) in [4.78, 5) is 24.9. The van der Waals surface area contributed by atoms with Crippen molar-refractivity contribution in [2.45, 2.75) is 33.6 Å². The second-order valence-corrected chi connectivity index (χ2v) is 6.31. The van der Waals surface area contributed by atoms with E-state index < -0.39 is 0 Å². The first-order valence-corrected chi connectivity index (χ1v) is 8.30. The number of hydrogen-bond donors (Lipinski definition) is 1. The molecular formula is C20H21N3O2. The van der Waals surface area contributed by atoms with Gasteiger partial charge in [0.25, 0.3) is 5.91 Å². The van der Waals surface area contributed by atoms with Gasteiger partial charge in [-0.1, -0.05) is 30.3 Å². The molecule has 2 aromatic carbocycles. The monoisotopic (exact) mass is 335 g/mol. The molecule has 2 amide bonds. The van der Waals surface area contributed by atoms with Gasteiger partial charge in [-0.2, -0.15) is 5.10 Å². The van der Waals surface area contributed by atoms with E-state index in [1.165, 1.54) is 5.01 Å². The molecule has 5 heteroatoms. The number of carbonyl (C=O) groups is 2. The average molecular weight is 335 g/mol. The SMILES string of the molecule is Cc1ccc(C)c(N2N=C(C(=O)Nc3ccccc3C)CCC2=O)c1. The zero-order valence-electron chi connectivity index (χ0n) is 14.7. The molecule has 0 radical (unpaired) electrons. The summed E-state index contributed by atoms with van der Waals surface area (Å²) in [5.74, 6) is -0.363. The summed E-state index contributed by atoms with van der Waals surface area (Å²) in [6.07, 6.45) is 0.616. The van der Waals surface area contributed by atoms with Crippen LogP contribution in [0.2, 0.25) is 0 Å². The molecule has 0 atom stereocenters. The van der Waals surface area contributed by atoms with E-state index in [2.05, 4.69) is 10.4 Å². The summed E-state index contributed by atoms with van der Waals surface area (Å²) in [7, 11) is 0. The van der Waals surface area contributed by atoms with Gasteiger partial charge < -0.3 is 5.32 Å². The lowest BCUT2D eigenvalue weighted by molar-refractivity contribution is -0.118. The third kappa shape index (κ3) is 3.60. The van der Waals surface area contributed by atoms with Gasteiger partial charge in [-0.25, -0.2) is 5.01 Å². The molecule has 1 N–H and O–H groups in total. The van der Waals surface area contributed by atoms with Crippen LogP contribution in [0.5, 0.6) is 0 Å². The highest BCUT2D eigenvalue weighted by Gasteiger charge is 2.26. The maximum absolute atomic E-state index is 12.6. The van der Waals surface area contributed by atoms with E-state index in [0.717, 1.165) is 28.1 Å². The summed E-state index contributed by atoms with van der Waals surface area (Å²) in [6.45, 7) is 5.83. The third-order valence-corrected chi connectivity index (χ3v) is 4.28. The molecular weight excluding hydrogens is 314 g/mol. The number of hydrazone groups is 1. The van der Waals surface area contributed by atoms with Crippen molar-refractivity contribution in [2.24, 2.45) is 5.10 Å². The Bertz CT molecular complexity index is 871. The van der Waals surface area contributed by atoms with Gasteiger partial charge in [-0.05, 0) is 49.6 Å². The molecule has 0 spiro atoms. The highest BCUT2D eigenvalue weighted by Crippen LogP contribution is 2.25. The topological polar surface area (TPSA) is 61.8 Å². The summed E-state index contributed by atoms with van der Waals surface area (Å²) < 4.78 is 0. The predicted octanol–water partition coefficient (Wildman–Crippen LogP) is 3.73. The third-order valence-electron chi connectivity index (χ3n) is 4.28. The molecule has 0 saturated carbocycles. The molecule has 0 bridgehead atoms. The van der Waals surface area contributed by atoms with E-state index >= 15 is 0 Å². The van der Waals surface area contributed by atoms with Crippen LogP contribution in [0.25, 0.3) is 0 Å². The molecule has 0 fully saturated rings. The van der Waals surface area contributed by atoms with Crippen LogP contribution in [-0.4, -0.2) is 17.5 Å². The lowest BCUT2D eigenvalue weighted by Gasteiger charge is -2.25. The maximum atomic E-state index is 12.6. The molecule has 5 nitrogen and oxygen atoms in total. The number of nitrogens with zero attached hydrogens (tertiary/aromatic N) is 2. The van der Waals surface area contributed by atoms with Crippen LogP contribution >= 0.6 is 0 Å². The number of carbonyl (C=O) groups excluding carboxylic acids is 2. The molecule has 1 heterocycles. The number of benzene rings is 2. The van der Waals surface area contributed by atoms with Gasteiger partial charge in [-0.15, -0.1) is 0 Å². The van der Waals surface area contributed by atoms with Crippen molar-refractivity contribution in [2.75, 3.05) is 10.3 Å². The lowest BCUT2D eigenvalue weighted by atomic mass is 10.1. The Morgan fingerprint density at radius 1 is 1.04 bits per heavy atom. The van der Waals surface area contributed by atoms with Gasteiger partial charge in [-0.3, -0.25) is 9.59 Å². The van der Waals surface area contributed by atoms with Crippen molar-refractivity contribution in [3.63, 3.8) is 0 Å². The molecule has 25 heavy (non-hydrogen) atoms. The van der Waals surface area contributed by atoms with Crippen molar-refractivity contribution in [1.82, 2.24) is 0 Å². The van der Waals surface area contributed by atoms with Gasteiger partial charge in [0.15, 0.2) is 0 Å². The van der Waals surface area contributed by atoms with Crippen molar-refractivity contribution in [3.05, 3.63) is 59.2 Å². The predicted molar refractivity (Wildman–Crippen MR) is 99.9 cm³/mol. The van der Waals surface area contributed by atoms with E-state index in [4.69, 9.17) is 0 Å². The van der Waals surface area contributed by atoms with E-state index in [-0.39, 0.29) is 18.2 Å². The summed E-state index contributed by atoms with van der Waals surface area (Å²) in [6, 6.07) is 13.4. The second-order valence-electron chi connectivity index (χ2n) is 6.31. The van der Waals surface area contributed by atoms with E-state index in [9.17, 15) is 9.59 Å². The van der Waals surface area contributed by atoms with E-state index in [1.54, 1.807) is 0 Å². The van der Waals surface area contributed by atoms with Gasteiger partial charge in [0.05, 0.1) is 5.69 Å². The first-order chi connectivity index (χ1) is 12.0. The summed E-state index contributed by atoms with van der Waals surface area (Å²) in [5, 5.41) is 8.59. The minimum absolute atomic E-state index is 0.0962. The Kier molecular flexibility index (Phi) is 4.65. The molecule has 128 valence electrons. The summed E-state index contributed by atoms with van der Waals surface area (Å²) >= 11 is 0. The number of amides is 2. The molecule has 1 aliphatic heterocycles. The van der Waals surface area contributed by atoms with Crippen LogP contribution in [0.15, 0.2) is 47.6 Å². The number of hydrogen-bond acceptors (Lipinski definition) is 3. The fourth-order valence-corrected chi connectivity index (χ4v) is 2.76. The Morgan fingerprint density at radius 2 is 1.80 bits per heavy atom. The maximum Gasteiger partial charge on any atom is 0.271 e. The van der Waals surface area contributed by atoms with E-state index in [0.29, 0.717) is 12.1 Å². The smallest absolute Gasteiger partial charge is 0.271 e. The minimum Gasteiger partial charge on any atom is -0.321 e. The number of para-hydroxylation sites is 1. The Labute approximate surface area is 147 Å². The first-order valence-electron chi connectivity index (χ1n) is 8.30. The number of rotatable bonds is 3. The van der Waals surface area contributed by atoms with Crippen LogP contribution in [-0.2, 0) is 9.59 Å². The Hall–Kier alpha value is -2.95. The van der Waals surface area contributed by atoms with E-state index in [1.807, 2.05) is 63.2 Å². The number of nitrogens with one attached hydrogen (secondary N) is 1. The number of aryl methyl sites for hydroxylation is 3. The molecule has 0 aliphatic carbocycles. The zero-order chi connectivity index (χ0) is 18.0. The molecule has 0 unspecified atom stereocenters. The average Bonchev–Trinajstić information content (AvgIpc) is 2.59. The zero-order valence-corrected chi connectivity index (χ0v) is 14.7. The lowest BCUT2D eigenvalue weighted by Crippen LogP contribution is -2.36. The van der Waals surface area contributed by atoms with Crippen molar-refractivity contribution in [3.8, 4) is 0 Å². The van der Waals surface area contributed by atoms with Gasteiger partial charge in [0, 0.05) is 18.5 Å². The van der Waals surface area contributed by atoms with Gasteiger partial charge in [0.2, 0.25) is 5.91 Å². The Balaban J connectivity index is 1.89. The highest BCUT2D eigenvalue weighted by atomic mass is 16.2. The van der Waals surface area contributed by atoms with Crippen molar-refractivity contribution in [1.29, 1.82) is 0 Å². The molecule has 1 aliphatic rings. The number of anilines is 2. The van der Waals surface area contributed by atoms with Gasteiger partial charge in [0.1, 0.15) is 5.71 Å². The molecule has 3 rings (SSSR count). The largest absolute Gasteiger partial charge is 0.321 e. The van der Waals surface area contributed by atoms with Crippen molar-refractivity contribution >= 4 is 28.9 Å². The fourth-order valence-electron chi connectivity index (χ4n) is 2.76. The minimum atomic E-state index is -0.267. The van der Waals surface area contributed by atoms with Crippen LogP contribution in [0, 0.1) is 20.8 Å². The summed E-state index contributed by atoms with van der Waals surface area (Å²) in [5.41, 5.74) is 4.82. The molecule has 2 aromatic rings. The standard InChI is InChI=1S/C20H21N3O2/c1-13-8-9-15(3)18(12-13)23-19(24)11-10-17(22-23)20(25)21-16-7-5-4-6-14(16)2/h4-9,12H,10-11H2,1-3H3,(H,21,25). The van der Waals surface area contributed by atoms with Crippen LogP contribution in [0.1, 0.15) is 29.5 Å². The van der Waals surface area contributed by atoms with Crippen LogP contribution in [0.3, 0.4) is 0 Å². The van der Waals surface area contributed by atoms with Crippen molar-refractivity contribution < 1.29 is 9.59 Å². The quantitative estimate of drug-likeness (QED) is 0.929.